The first kappa shape index (κ1) is 29.3. The van der Waals surface area contributed by atoms with Gasteiger partial charge in [0, 0.05) is 36.3 Å². The second-order valence-electron chi connectivity index (χ2n) is 12.4. The van der Waals surface area contributed by atoms with Crippen LogP contribution < -0.4 is 18.9 Å². The van der Waals surface area contributed by atoms with Crippen LogP contribution in [0.5, 0.6) is 40.2 Å². The average molecular weight is 609 g/mol. The van der Waals surface area contributed by atoms with Gasteiger partial charge in [0.25, 0.3) is 0 Å². The van der Waals surface area contributed by atoms with E-state index in [-0.39, 0.29) is 23.6 Å². The molecule has 8 nitrogen and oxygen atoms in total. The van der Waals surface area contributed by atoms with E-state index in [1.165, 1.54) is 16.7 Å². The summed E-state index contributed by atoms with van der Waals surface area (Å²) in [5, 5.41) is 22.6. The van der Waals surface area contributed by atoms with Crippen LogP contribution in [0.3, 0.4) is 0 Å². The fourth-order valence-electron chi connectivity index (χ4n) is 7.47. The molecule has 2 atom stereocenters. The lowest BCUT2D eigenvalue weighted by Crippen LogP contribution is -2.35. The minimum atomic E-state index is 0.0289. The summed E-state index contributed by atoms with van der Waals surface area (Å²) in [6, 6.07) is 18.2. The number of phenols is 2. The molecule has 45 heavy (non-hydrogen) atoms. The van der Waals surface area contributed by atoms with Crippen molar-refractivity contribution in [2.24, 2.45) is 0 Å². The van der Waals surface area contributed by atoms with Gasteiger partial charge in [-0.2, -0.15) is 0 Å². The van der Waals surface area contributed by atoms with Gasteiger partial charge in [-0.3, -0.25) is 9.80 Å². The van der Waals surface area contributed by atoms with Crippen molar-refractivity contribution < 1.29 is 29.2 Å². The van der Waals surface area contributed by atoms with Crippen molar-refractivity contribution in [1.82, 2.24) is 9.80 Å². The number of hydrogen-bond acceptors (Lipinski definition) is 8. The van der Waals surface area contributed by atoms with Crippen LogP contribution in [-0.4, -0.2) is 68.5 Å². The van der Waals surface area contributed by atoms with Gasteiger partial charge in [-0.15, -0.1) is 0 Å². The highest BCUT2D eigenvalue weighted by Crippen LogP contribution is 2.56. The van der Waals surface area contributed by atoms with Gasteiger partial charge in [0.1, 0.15) is 5.75 Å². The topological polar surface area (TPSA) is 83.9 Å². The quantitative estimate of drug-likeness (QED) is 0.248. The van der Waals surface area contributed by atoms with Crippen molar-refractivity contribution >= 4 is 0 Å². The first-order valence-electron chi connectivity index (χ1n) is 15.5. The maximum Gasteiger partial charge on any atom is 0.177 e. The summed E-state index contributed by atoms with van der Waals surface area (Å²) in [5.41, 5.74) is 8.41. The predicted octanol–water partition coefficient (Wildman–Crippen LogP) is 6.44. The van der Waals surface area contributed by atoms with E-state index >= 15 is 0 Å². The summed E-state index contributed by atoms with van der Waals surface area (Å²) < 4.78 is 23.2. The van der Waals surface area contributed by atoms with E-state index in [0.29, 0.717) is 22.8 Å². The molecule has 7 rings (SSSR count). The van der Waals surface area contributed by atoms with Crippen LogP contribution >= 0.6 is 0 Å². The molecule has 2 heterocycles. The van der Waals surface area contributed by atoms with E-state index in [9.17, 15) is 10.2 Å². The number of methoxy groups -OCH3 is 3. The molecular formula is C37H40N2O6. The van der Waals surface area contributed by atoms with Crippen LogP contribution in [0, 0.1) is 0 Å². The van der Waals surface area contributed by atoms with Crippen LogP contribution in [0.1, 0.15) is 45.5 Å². The molecule has 0 fully saturated rings. The minimum Gasteiger partial charge on any atom is -0.504 e. The van der Waals surface area contributed by atoms with E-state index in [0.717, 1.165) is 72.5 Å². The summed E-state index contributed by atoms with van der Waals surface area (Å²) in [6.07, 6.45) is 3.41. The molecule has 4 aromatic carbocycles. The van der Waals surface area contributed by atoms with Gasteiger partial charge in [-0.05, 0) is 110 Å². The van der Waals surface area contributed by atoms with Crippen molar-refractivity contribution in [3.8, 4) is 51.4 Å². The van der Waals surface area contributed by atoms with Gasteiger partial charge in [0.2, 0.25) is 0 Å². The molecule has 0 amide bonds. The van der Waals surface area contributed by atoms with E-state index in [2.05, 4.69) is 48.2 Å². The Morgan fingerprint density at radius 2 is 1.40 bits per heavy atom. The highest BCUT2D eigenvalue weighted by molar-refractivity contribution is 5.88. The molecule has 0 aromatic heterocycles. The zero-order chi connectivity index (χ0) is 31.4. The fraction of sp³-hybridized carbons (Fsp3) is 0.351. The first-order valence-corrected chi connectivity index (χ1v) is 15.5. The SMILES string of the molecule is COc1cc2c(cc1OC)C(Cc1ccc(Oc3c(O)ccc4c3-c3c(O)c(OC)cc5c3C(C4)N(C)CC5)cc1)N(C)CC2. The third kappa shape index (κ3) is 4.93. The van der Waals surface area contributed by atoms with Crippen molar-refractivity contribution in [3.05, 3.63) is 88.0 Å². The Morgan fingerprint density at radius 3 is 2.13 bits per heavy atom. The molecule has 0 spiro atoms. The van der Waals surface area contributed by atoms with E-state index < -0.39 is 0 Å². The van der Waals surface area contributed by atoms with Gasteiger partial charge >= 0.3 is 0 Å². The molecule has 3 aliphatic rings. The largest absolute Gasteiger partial charge is 0.504 e. The molecule has 1 aliphatic carbocycles. The van der Waals surface area contributed by atoms with Gasteiger partial charge in [-0.25, -0.2) is 0 Å². The Labute approximate surface area is 264 Å². The number of phenolic OH excluding ortho intramolecular Hbond substituents is 2. The minimum absolute atomic E-state index is 0.0289. The summed E-state index contributed by atoms with van der Waals surface area (Å²) in [5.74, 6) is 3.01. The number of aromatic hydroxyl groups is 2. The second-order valence-corrected chi connectivity index (χ2v) is 12.4. The number of benzene rings is 4. The fourth-order valence-corrected chi connectivity index (χ4v) is 7.47. The lowest BCUT2D eigenvalue weighted by molar-refractivity contribution is 0.226. The summed E-state index contributed by atoms with van der Waals surface area (Å²) in [4.78, 5) is 4.72. The highest BCUT2D eigenvalue weighted by Gasteiger charge is 2.38. The number of fused-ring (bicyclic) bond motifs is 3. The van der Waals surface area contributed by atoms with Crippen LogP contribution in [0.2, 0.25) is 0 Å². The number of hydrogen-bond donors (Lipinski definition) is 2. The monoisotopic (exact) mass is 608 g/mol. The van der Waals surface area contributed by atoms with E-state index in [4.69, 9.17) is 18.9 Å². The van der Waals surface area contributed by atoms with E-state index in [1.807, 2.05) is 24.3 Å². The lowest BCUT2D eigenvalue weighted by Gasteiger charge is -2.40. The summed E-state index contributed by atoms with van der Waals surface area (Å²) in [6.45, 7) is 1.89. The zero-order valence-corrected chi connectivity index (χ0v) is 26.5. The molecule has 0 radical (unpaired) electrons. The molecule has 4 aromatic rings. The van der Waals surface area contributed by atoms with Gasteiger partial charge in [-0.1, -0.05) is 18.2 Å². The summed E-state index contributed by atoms with van der Waals surface area (Å²) >= 11 is 0. The predicted molar refractivity (Wildman–Crippen MR) is 173 cm³/mol. The first-order chi connectivity index (χ1) is 21.8. The van der Waals surface area contributed by atoms with Crippen molar-refractivity contribution in [3.63, 3.8) is 0 Å². The molecule has 0 saturated carbocycles. The third-order valence-electron chi connectivity index (χ3n) is 9.94. The maximum atomic E-state index is 11.5. The maximum absolute atomic E-state index is 11.5. The Balaban J connectivity index is 1.21. The number of ether oxygens (including phenoxy) is 4. The third-order valence-corrected chi connectivity index (χ3v) is 9.94. The summed E-state index contributed by atoms with van der Waals surface area (Å²) in [7, 11) is 9.21. The molecule has 2 unspecified atom stereocenters. The highest BCUT2D eigenvalue weighted by atomic mass is 16.5. The number of nitrogens with zero attached hydrogens (tertiary/aromatic N) is 2. The zero-order valence-electron chi connectivity index (χ0n) is 26.5. The smallest absolute Gasteiger partial charge is 0.177 e. The van der Waals surface area contributed by atoms with Crippen LogP contribution in [0.4, 0.5) is 0 Å². The van der Waals surface area contributed by atoms with Crippen molar-refractivity contribution in [1.29, 1.82) is 0 Å². The second kappa shape index (κ2) is 11.5. The normalized spacial score (nSPS) is 18.9. The number of rotatable bonds is 7. The molecule has 2 aliphatic heterocycles. The Bertz CT molecular complexity index is 1770. The van der Waals surface area contributed by atoms with Crippen LogP contribution in [0.15, 0.2) is 54.6 Å². The molecule has 234 valence electrons. The van der Waals surface area contributed by atoms with Crippen molar-refractivity contribution in [2.45, 2.75) is 37.8 Å². The average Bonchev–Trinajstić information content (AvgIpc) is 3.06. The Morgan fingerprint density at radius 1 is 0.733 bits per heavy atom. The van der Waals surface area contributed by atoms with Gasteiger partial charge < -0.3 is 29.2 Å². The Kier molecular flexibility index (Phi) is 7.50. The lowest BCUT2D eigenvalue weighted by atomic mass is 9.76. The Hall–Kier alpha value is -4.40. The molecular weight excluding hydrogens is 568 g/mol. The molecule has 2 N–H and O–H groups in total. The number of likely N-dealkylation sites (N-methyl/N-ethyl adjacent to an activating group) is 2. The standard InChI is InChI=1S/C37H40N2O6/c1-38-14-12-22-18-30(42-3)31(43-4)20-26(22)27(38)16-21-6-9-25(10-7-21)45-37-29(40)11-8-23-17-28-33-24(13-15-39(28)2)19-32(44-5)36(41)35(33)34(23)37/h6-11,18-20,27-28,40-41H,12-17H2,1-5H3. The van der Waals surface area contributed by atoms with E-state index in [1.54, 1.807) is 27.4 Å². The molecule has 0 saturated heterocycles. The van der Waals surface area contributed by atoms with Gasteiger partial charge in [0.15, 0.2) is 34.5 Å². The van der Waals surface area contributed by atoms with Crippen LogP contribution in [-0.2, 0) is 25.7 Å². The molecule has 0 bridgehead atoms. The van der Waals surface area contributed by atoms with Gasteiger partial charge in [0.05, 0.1) is 21.3 Å². The van der Waals surface area contributed by atoms with Crippen LogP contribution in [0.25, 0.3) is 11.1 Å². The molecule has 8 heteroatoms. The van der Waals surface area contributed by atoms with Crippen molar-refractivity contribution in [2.75, 3.05) is 48.5 Å².